The van der Waals surface area contributed by atoms with Gasteiger partial charge in [0, 0.05) is 39.5 Å². The number of esters is 1. The summed E-state index contributed by atoms with van der Waals surface area (Å²) in [5.41, 5.74) is 3.63. The third-order valence-electron chi connectivity index (χ3n) is 8.77. The molecule has 0 unspecified atom stereocenters. The molecule has 1 saturated heterocycles. The van der Waals surface area contributed by atoms with Crippen LogP contribution in [-0.2, 0) is 39.8 Å². The monoisotopic (exact) mass is 656 g/mol. The van der Waals surface area contributed by atoms with E-state index < -0.39 is 54.0 Å². The number of nitrogens with one attached hydrogen (secondary N) is 3. The molecule has 1 aromatic rings. The van der Waals surface area contributed by atoms with Crippen molar-refractivity contribution in [2.45, 2.75) is 96.7 Å². The second-order valence-electron chi connectivity index (χ2n) is 12.8. The zero-order valence-corrected chi connectivity index (χ0v) is 28.6. The minimum absolute atomic E-state index is 0.0250. The lowest BCUT2D eigenvalue weighted by Gasteiger charge is -2.36. The van der Waals surface area contributed by atoms with Gasteiger partial charge < -0.3 is 30.0 Å². The van der Waals surface area contributed by atoms with E-state index >= 15 is 0 Å². The molecule has 2 heterocycles. The number of aromatic hydroxyl groups is 1. The van der Waals surface area contributed by atoms with E-state index in [1.54, 1.807) is 33.1 Å². The molecule has 2 aliphatic rings. The molecule has 2 aliphatic heterocycles. The highest BCUT2D eigenvalue weighted by Gasteiger charge is 2.38. The fourth-order valence-electron chi connectivity index (χ4n) is 6.03. The third-order valence-corrected chi connectivity index (χ3v) is 8.77. The SMILES string of the molecule is CO[C@@H]1[C@@H](C)[C@@H](OC)/C=C\C=C/C[C@@H](C)OC(=O)[C@@H]2CCCN(N2)C(=O)[C@H](Cc2cccc(O)c2)NC(=O)[C@H](C(C)C)NC(=O)[C@@H]1C. The highest BCUT2D eigenvalue weighted by Crippen LogP contribution is 2.24. The van der Waals surface area contributed by atoms with E-state index in [1.165, 1.54) is 24.3 Å². The molecule has 8 atom stereocenters. The maximum atomic E-state index is 14.0. The Morgan fingerprint density at radius 2 is 1.77 bits per heavy atom. The van der Waals surface area contributed by atoms with E-state index in [1.807, 2.05) is 45.1 Å². The molecule has 260 valence electrons. The van der Waals surface area contributed by atoms with Crippen LogP contribution in [0, 0.1) is 17.8 Å². The van der Waals surface area contributed by atoms with E-state index in [0.717, 1.165) is 0 Å². The average Bonchev–Trinajstić information content (AvgIpc) is 3.04. The number of cyclic esters (lactones) is 1. The standard InChI is InChI=1S/C35H52N4O8/c1-21(2)30-33(42)36-28(20-25-14-11-15-26(40)19-25)34(43)39-18-12-16-27(38-39)35(44)47-22(3)13-9-8-10-17-29(45-6)23(4)31(46-7)24(5)32(41)37-30/h8-11,14-15,17,19,21-24,27-31,38,40H,12-13,16,18,20H2,1-7H3,(H,36,42)(H,37,41)/b9-8-,17-10-/t22-,23+,24-,27+,28+,29+,30+,31-/m1/s1. The largest absolute Gasteiger partial charge is 0.508 e. The van der Waals surface area contributed by atoms with Crippen molar-refractivity contribution in [3.8, 4) is 5.75 Å². The molecule has 2 bridgehead atoms. The number of hydrogen-bond donors (Lipinski definition) is 4. The molecular weight excluding hydrogens is 604 g/mol. The van der Waals surface area contributed by atoms with Crippen molar-refractivity contribution >= 4 is 23.7 Å². The Morgan fingerprint density at radius 1 is 1.02 bits per heavy atom. The van der Waals surface area contributed by atoms with Crippen molar-refractivity contribution in [3.63, 3.8) is 0 Å². The van der Waals surface area contributed by atoms with Crippen molar-refractivity contribution in [2.75, 3.05) is 20.8 Å². The number of allylic oxidation sites excluding steroid dienone is 2. The van der Waals surface area contributed by atoms with Gasteiger partial charge in [-0.1, -0.05) is 64.1 Å². The van der Waals surface area contributed by atoms with E-state index in [-0.39, 0.29) is 36.0 Å². The minimum atomic E-state index is -1.06. The van der Waals surface area contributed by atoms with Crippen molar-refractivity contribution in [1.29, 1.82) is 0 Å². The van der Waals surface area contributed by atoms with Crippen LogP contribution < -0.4 is 16.1 Å². The molecule has 12 heteroatoms. The van der Waals surface area contributed by atoms with Gasteiger partial charge in [-0.3, -0.25) is 24.2 Å². The average molecular weight is 657 g/mol. The van der Waals surface area contributed by atoms with Crippen LogP contribution in [0.1, 0.15) is 59.4 Å². The van der Waals surface area contributed by atoms with Crippen LogP contribution in [0.2, 0.25) is 0 Å². The fourth-order valence-corrected chi connectivity index (χ4v) is 6.03. The number of rotatable bonds is 5. The number of nitrogens with zero attached hydrogens (tertiary/aromatic N) is 1. The summed E-state index contributed by atoms with van der Waals surface area (Å²) < 4.78 is 17.2. The quantitative estimate of drug-likeness (QED) is 0.350. The molecular formula is C35H52N4O8. The Labute approximate surface area is 278 Å². The lowest BCUT2D eigenvalue weighted by molar-refractivity contribution is -0.156. The van der Waals surface area contributed by atoms with Gasteiger partial charge in [0.1, 0.15) is 30.0 Å². The van der Waals surface area contributed by atoms with E-state index in [9.17, 15) is 24.3 Å². The fraction of sp³-hybridized carbons (Fsp3) is 0.600. The van der Waals surface area contributed by atoms with Gasteiger partial charge >= 0.3 is 5.97 Å². The van der Waals surface area contributed by atoms with Gasteiger partial charge in [-0.25, -0.2) is 5.43 Å². The Balaban J connectivity index is 1.98. The number of phenolic OH excluding ortho intramolecular Hbond substituents is 1. The van der Waals surface area contributed by atoms with Gasteiger partial charge in [0.25, 0.3) is 5.91 Å². The number of hydrazine groups is 1. The lowest BCUT2D eigenvalue weighted by Crippen LogP contribution is -2.62. The van der Waals surface area contributed by atoms with Crippen molar-refractivity contribution < 1.29 is 38.5 Å². The van der Waals surface area contributed by atoms with Crippen LogP contribution in [0.15, 0.2) is 48.6 Å². The molecule has 1 fully saturated rings. The number of carbonyl (C=O) groups is 4. The Bertz CT molecular complexity index is 1280. The van der Waals surface area contributed by atoms with Gasteiger partial charge in [-0.2, -0.15) is 0 Å². The molecule has 0 saturated carbocycles. The summed E-state index contributed by atoms with van der Waals surface area (Å²) in [5.74, 6) is -2.99. The van der Waals surface area contributed by atoms with Crippen molar-refractivity contribution in [3.05, 3.63) is 54.1 Å². The van der Waals surface area contributed by atoms with Crippen molar-refractivity contribution in [1.82, 2.24) is 21.1 Å². The second-order valence-corrected chi connectivity index (χ2v) is 12.8. The van der Waals surface area contributed by atoms with Gasteiger partial charge in [-0.05, 0) is 43.4 Å². The summed E-state index contributed by atoms with van der Waals surface area (Å²) in [6.07, 6.45) is 7.74. The first-order chi connectivity index (χ1) is 22.4. The van der Waals surface area contributed by atoms with Crippen molar-refractivity contribution in [2.24, 2.45) is 17.8 Å². The van der Waals surface area contributed by atoms with E-state index in [4.69, 9.17) is 14.2 Å². The Kier molecular flexibility index (Phi) is 14.4. The molecule has 1 aromatic carbocycles. The summed E-state index contributed by atoms with van der Waals surface area (Å²) in [4.78, 5) is 54.5. The van der Waals surface area contributed by atoms with Crippen LogP contribution in [-0.4, -0.2) is 91.0 Å². The number of benzene rings is 1. The van der Waals surface area contributed by atoms with Crippen LogP contribution in [0.5, 0.6) is 5.75 Å². The lowest BCUT2D eigenvalue weighted by atomic mass is 9.87. The molecule has 0 aliphatic carbocycles. The number of phenols is 1. The predicted molar refractivity (Wildman–Crippen MR) is 177 cm³/mol. The maximum Gasteiger partial charge on any atom is 0.325 e. The maximum absolute atomic E-state index is 14.0. The van der Waals surface area contributed by atoms with E-state index in [0.29, 0.717) is 31.4 Å². The number of fused-ring (bicyclic) bond motifs is 2. The molecule has 4 N–H and O–H groups in total. The number of methoxy groups -OCH3 is 2. The molecule has 3 amide bonds. The summed E-state index contributed by atoms with van der Waals surface area (Å²) >= 11 is 0. The summed E-state index contributed by atoms with van der Waals surface area (Å²) in [5, 5.41) is 17.2. The number of carbonyl (C=O) groups excluding carboxylic acids is 4. The first-order valence-electron chi connectivity index (χ1n) is 16.4. The van der Waals surface area contributed by atoms with Gasteiger partial charge in [0.05, 0.1) is 18.1 Å². The van der Waals surface area contributed by atoms with Crippen LogP contribution >= 0.6 is 0 Å². The van der Waals surface area contributed by atoms with E-state index in [2.05, 4.69) is 16.1 Å². The topological polar surface area (TPSA) is 156 Å². The minimum Gasteiger partial charge on any atom is -0.508 e. The molecule has 12 nitrogen and oxygen atoms in total. The molecule has 3 rings (SSSR count). The molecule has 0 radical (unpaired) electrons. The van der Waals surface area contributed by atoms with Gasteiger partial charge in [0.15, 0.2) is 0 Å². The third kappa shape index (κ3) is 10.6. The first kappa shape index (κ1) is 37.7. The van der Waals surface area contributed by atoms with Crippen LogP contribution in [0.4, 0.5) is 0 Å². The van der Waals surface area contributed by atoms with Gasteiger partial charge in [-0.15, -0.1) is 0 Å². The number of amides is 3. The second kappa shape index (κ2) is 18.0. The van der Waals surface area contributed by atoms with Gasteiger partial charge in [0.2, 0.25) is 11.8 Å². The molecule has 47 heavy (non-hydrogen) atoms. The molecule has 0 spiro atoms. The smallest absolute Gasteiger partial charge is 0.325 e. The highest BCUT2D eigenvalue weighted by molar-refractivity contribution is 5.93. The molecule has 0 aromatic heterocycles. The predicted octanol–water partition coefficient (Wildman–Crippen LogP) is 2.81. The zero-order valence-electron chi connectivity index (χ0n) is 28.6. The summed E-state index contributed by atoms with van der Waals surface area (Å²) in [7, 11) is 3.13. The zero-order chi connectivity index (χ0) is 34.7. The number of ether oxygens (including phenoxy) is 3. The first-order valence-corrected chi connectivity index (χ1v) is 16.4. The van der Waals surface area contributed by atoms with Crippen LogP contribution in [0.25, 0.3) is 0 Å². The normalized spacial score (nSPS) is 32.0. The summed E-state index contributed by atoms with van der Waals surface area (Å²) in [6, 6.07) is 3.69. The van der Waals surface area contributed by atoms with Crippen LogP contribution in [0.3, 0.4) is 0 Å². The Hall–Kier alpha value is -3.74. The summed E-state index contributed by atoms with van der Waals surface area (Å²) in [6.45, 7) is 9.43. The number of hydrogen-bond acceptors (Lipinski definition) is 9. The Morgan fingerprint density at radius 3 is 2.43 bits per heavy atom. The highest BCUT2D eigenvalue weighted by atomic mass is 16.5.